The topological polar surface area (TPSA) is 59.7 Å². The number of pyridine rings is 1. The van der Waals surface area contributed by atoms with Crippen LogP contribution in [0.2, 0.25) is 0 Å². The van der Waals surface area contributed by atoms with Crippen molar-refractivity contribution in [1.29, 1.82) is 0 Å². The van der Waals surface area contributed by atoms with Gasteiger partial charge in [0.1, 0.15) is 11.6 Å². The standard InChI is InChI=1S/C22H22N6/c1-2-9-20-19(8-1)25-14-21(26-20)27-12-5-6-17(15-27)22-24-11-13-28(22)16-18-7-3-4-10-23-18/h1-4,7-11,13-14,17H,5-6,12,15-16H2. The lowest BCUT2D eigenvalue weighted by Gasteiger charge is -2.33. The highest BCUT2D eigenvalue weighted by molar-refractivity contribution is 5.75. The van der Waals surface area contributed by atoms with Crippen molar-refractivity contribution in [2.45, 2.75) is 25.3 Å². The molecule has 1 fully saturated rings. The molecule has 0 amide bonds. The lowest BCUT2D eigenvalue weighted by Crippen LogP contribution is -2.36. The van der Waals surface area contributed by atoms with Crippen molar-refractivity contribution in [1.82, 2.24) is 24.5 Å². The van der Waals surface area contributed by atoms with Crippen molar-refractivity contribution in [2.24, 2.45) is 0 Å². The molecule has 3 aromatic heterocycles. The number of rotatable bonds is 4. The second kappa shape index (κ2) is 7.38. The maximum absolute atomic E-state index is 4.83. The number of piperidine rings is 1. The van der Waals surface area contributed by atoms with Gasteiger partial charge in [0, 0.05) is 37.6 Å². The zero-order valence-electron chi connectivity index (χ0n) is 15.6. The van der Waals surface area contributed by atoms with E-state index in [4.69, 9.17) is 4.98 Å². The van der Waals surface area contributed by atoms with E-state index in [1.165, 1.54) is 0 Å². The summed E-state index contributed by atoms with van der Waals surface area (Å²) in [5, 5.41) is 0. The highest BCUT2D eigenvalue weighted by Crippen LogP contribution is 2.29. The van der Waals surface area contributed by atoms with Crippen LogP contribution in [0.4, 0.5) is 5.82 Å². The first-order valence-electron chi connectivity index (χ1n) is 9.74. The monoisotopic (exact) mass is 370 g/mol. The van der Waals surface area contributed by atoms with Gasteiger partial charge in [0.25, 0.3) is 0 Å². The number of benzene rings is 1. The zero-order chi connectivity index (χ0) is 18.8. The molecule has 1 atom stereocenters. The second-order valence-corrected chi connectivity index (χ2v) is 7.24. The molecular formula is C22H22N6. The van der Waals surface area contributed by atoms with Crippen molar-refractivity contribution in [3.8, 4) is 0 Å². The van der Waals surface area contributed by atoms with Gasteiger partial charge in [-0.05, 0) is 37.1 Å². The predicted octanol–water partition coefficient (Wildman–Crippen LogP) is 3.65. The first kappa shape index (κ1) is 16.9. The molecular weight excluding hydrogens is 348 g/mol. The molecule has 1 aliphatic rings. The first-order valence-corrected chi connectivity index (χ1v) is 9.74. The molecule has 6 heteroatoms. The van der Waals surface area contributed by atoms with Gasteiger partial charge in [-0.2, -0.15) is 0 Å². The number of fused-ring (bicyclic) bond motifs is 1. The van der Waals surface area contributed by atoms with Crippen molar-refractivity contribution < 1.29 is 0 Å². The highest BCUT2D eigenvalue weighted by Gasteiger charge is 2.26. The van der Waals surface area contributed by atoms with Crippen molar-refractivity contribution in [3.63, 3.8) is 0 Å². The second-order valence-electron chi connectivity index (χ2n) is 7.24. The minimum atomic E-state index is 0.376. The average Bonchev–Trinajstić information content (AvgIpc) is 3.22. The Balaban J connectivity index is 1.38. The molecule has 1 saturated heterocycles. The average molecular weight is 370 g/mol. The fraction of sp³-hybridized carbons (Fsp3) is 0.273. The molecule has 0 N–H and O–H groups in total. The summed E-state index contributed by atoms with van der Waals surface area (Å²) in [6.07, 6.45) is 9.94. The highest BCUT2D eigenvalue weighted by atomic mass is 15.2. The van der Waals surface area contributed by atoms with Crippen molar-refractivity contribution in [2.75, 3.05) is 18.0 Å². The van der Waals surface area contributed by atoms with E-state index in [2.05, 4.69) is 36.7 Å². The van der Waals surface area contributed by atoms with E-state index >= 15 is 0 Å². The van der Waals surface area contributed by atoms with Gasteiger partial charge < -0.3 is 9.47 Å². The third-order valence-electron chi connectivity index (χ3n) is 5.35. The van der Waals surface area contributed by atoms with Crippen LogP contribution in [0, 0.1) is 0 Å². The Labute approximate surface area is 163 Å². The summed E-state index contributed by atoms with van der Waals surface area (Å²) in [6.45, 7) is 2.67. The molecule has 4 heterocycles. The van der Waals surface area contributed by atoms with Gasteiger partial charge in [0.05, 0.1) is 29.5 Å². The Bertz CT molecular complexity index is 1070. The van der Waals surface area contributed by atoms with Gasteiger partial charge in [-0.1, -0.05) is 18.2 Å². The third-order valence-corrected chi connectivity index (χ3v) is 5.35. The fourth-order valence-electron chi connectivity index (χ4n) is 3.98. The van der Waals surface area contributed by atoms with Gasteiger partial charge in [0.2, 0.25) is 0 Å². The van der Waals surface area contributed by atoms with Gasteiger partial charge in [-0.3, -0.25) is 9.97 Å². The van der Waals surface area contributed by atoms with Gasteiger partial charge in [-0.25, -0.2) is 9.97 Å². The smallest absolute Gasteiger partial charge is 0.147 e. The van der Waals surface area contributed by atoms with E-state index in [9.17, 15) is 0 Å². The molecule has 1 unspecified atom stereocenters. The Morgan fingerprint density at radius 1 is 0.929 bits per heavy atom. The lowest BCUT2D eigenvalue weighted by atomic mass is 9.97. The summed E-state index contributed by atoms with van der Waals surface area (Å²) in [7, 11) is 0. The number of hydrogen-bond donors (Lipinski definition) is 0. The van der Waals surface area contributed by atoms with E-state index in [1.807, 2.05) is 55.0 Å². The van der Waals surface area contributed by atoms with E-state index in [0.717, 1.165) is 60.8 Å². The maximum atomic E-state index is 4.83. The quantitative estimate of drug-likeness (QED) is 0.549. The molecule has 0 aliphatic carbocycles. The van der Waals surface area contributed by atoms with E-state index in [1.54, 1.807) is 0 Å². The fourth-order valence-corrected chi connectivity index (χ4v) is 3.98. The van der Waals surface area contributed by atoms with Crippen LogP contribution in [0.1, 0.15) is 30.3 Å². The molecule has 6 nitrogen and oxygen atoms in total. The van der Waals surface area contributed by atoms with Crippen LogP contribution in [0.25, 0.3) is 11.0 Å². The number of aromatic nitrogens is 5. The van der Waals surface area contributed by atoms with Crippen molar-refractivity contribution >= 4 is 16.9 Å². The van der Waals surface area contributed by atoms with Crippen LogP contribution in [0.15, 0.2) is 67.3 Å². The molecule has 0 spiro atoms. The van der Waals surface area contributed by atoms with Gasteiger partial charge in [-0.15, -0.1) is 0 Å². The van der Waals surface area contributed by atoms with Crippen LogP contribution < -0.4 is 4.90 Å². The molecule has 0 radical (unpaired) electrons. The number of nitrogens with zero attached hydrogens (tertiary/aromatic N) is 6. The number of anilines is 1. The van der Waals surface area contributed by atoms with E-state index < -0.39 is 0 Å². The zero-order valence-corrected chi connectivity index (χ0v) is 15.6. The normalized spacial score (nSPS) is 17.1. The molecule has 1 aromatic carbocycles. The Morgan fingerprint density at radius 2 is 1.82 bits per heavy atom. The summed E-state index contributed by atoms with van der Waals surface area (Å²) in [4.78, 5) is 20.9. The van der Waals surface area contributed by atoms with Crippen LogP contribution in [-0.2, 0) is 6.54 Å². The lowest BCUT2D eigenvalue weighted by molar-refractivity contribution is 0.473. The minimum Gasteiger partial charge on any atom is -0.355 e. The predicted molar refractivity (Wildman–Crippen MR) is 109 cm³/mol. The summed E-state index contributed by atoms with van der Waals surface area (Å²) in [5.74, 6) is 2.45. The molecule has 0 bridgehead atoms. The number of imidazole rings is 1. The maximum Gasteiger partial charge on any atom is 0.147 e. The molecule has 5 rings (SSSR count). The Hall–Kier alpha value is -3.28. The largest absolute Gasteiger partial charge is 0.355 e. The van der Waals surface area contributed by atoms with Gasteiger partial charge >= 0.3 is 0 Å². The van der Waals surface area contributed by atoms with Crippen molar-refractivity contribution in [3.05, 3.63) is 78.8 Å². The van der Waals surface area contributed by atoms with E-state index in [0.29, 0.717) is 5.92 Å². The molecule has 28 heavy (non-hydrogen) atoms. The molecule has 4 aromatic rings. The summed E-state index contributed by atoms with van der Waals surface area (Å²) in [5.41, 5.74) is 2.93. The summed E-state index contributed by atoms with van der Waals surface area (Å²) < 4.78 is 2.22. The third kappa shape index (κ3) is 3.33. The Morgan fingerprint density at radius 3 is 2.71 bits per heavy atom. The van der Waals surface area contributed by atoms with Crippen LogP contribution in [0.3, 0.4) is 0 Å². The Kier molecular flexibility index (Phi) is 4.45. The number of para-hydroxylation sites is 2. The van der Waals surface area contributed by atoms with Gasteiger partial charge in [0.15, 0.2) is 0 Å². The van der Waals surface area contributed by atoms with Crippen LogP contribution >= 0.6 is 0 Å². The minimum absolute atomic E-state index is 0.376. The molecule has 0 saturated carbocycles. The van der Waals surface area contributed by atoms with Crippen LogP contribution in [-0.4, -0.2) is 37.6 Å². The summed E-state index contributed by atoms with van der Waals surface area (Å²) in [6, 6.07) is 14.1. The molecule has 1 aliphatic heterocycles. The molecule has 140 valence electrons. The van der Waals surface area contributed by atoms with Crippen LogP contribution in [0.5, 0.6) is 0 Å². The summed E-state index contributed by atoms with van der Waals surface area (Å²) >= 11 is 0. The van der Waals surface area contributed by atoms with E-state index in [-0.39, 0.29) is 0 Å². The number of hydrogen-bond acceptors (Lipinski definition) is 5. The SMILES string of the molecule is c1ccc(Cn2ccnc2C2CCCN(c3cnc4ccccc4n3)C2)nc1. The first-order chi connectivity index (χ1) is 13.9.